The van der Waals surface area contributed by atoms with Gasteiger partial charge in [-0.3, -0.25) is 4.98 Å². The molecule has 1 aliphatic carbocycles. The molecule has 0 saturated heterocycles. The zero-order chi connectivity index (χ0) is 30.1. The minimum atomic E-state index is -0.174. The number of para-hydroxylation sites is 2. The smallest absolute Gasteiger partial charge is 0.304 e. The fourth-order valence-corrected chi connectivity index (χ4v) is 5.96. The van der Waals surface area contributed by atoms with Gasteiger partial charge in [0.05, 0.1) is 0 Å². The van der Waals surface area contributed by atoms with Crippen LogP contribution in [0, 0.1) is 32.9 Å². The maximum atomic E-state index is 4.73. The molecule has 0 atom stereocenters. The van der Waals surface area contributed by atoms with Gasteiger partial charge in [-0.05, 0) is 42.1 Å². The number of hydrogen-bond donors (Lipinski definition) is 0. The topological polar surface area (TPSA) is 31.8 Å². The van der Waals surface area contributed by atoms with Crippen LogP contribution in [0.4, 0.5) is 17.1 Å². The maximum Gasteiger partial charge on any atom is 0.494 e. The van der Waals surface area contributed by atoms with Crippen LogP contribution in [0.2, 0.25) is 0 Å². The Morgan fingerprint density at radius 1 is 0.864 bits per heavy atom. The molecule has 0 unspecified atom stereocenters. The first-order chi connectivity index (χ1) is 20.8. The third-order valence-electron chi connectivity index (χ3n) is 8.50. The molecule has 4 nitrogen and oxygen atoms in total. The fraction of sp³-hybridized carbons (Fsp3) is 0.256. The first-order valence-corrected chi connectivity index (χ1v) is 15.2. The molecule has 3 aromatic carbocycles. The van der Waals surface area contributed by atoms with Crippen LogP contribution in [0.3, 0.4) is 0 Å². The normalized spacial score (nSPS) is 13.4. The number of pyridine rings is 2. The zero-order valence-electron chi connectivity index (χ0n) is 26.3. The second-order valence-electron chi connectivity index (χ2n) is 12.0. The molecule has 5 aromatic rings. The molecular formula is C39H38IrN4. The van der Waals surface area contributed by atoms with E-state index in [1.165, 1.54) is 51.2 Å². The summed E-state index contributed by atoms with van der Waals surface area (Å²) in [5.74, 6) is 0. The van der Waals surface area contributed by atoms with Gasteiger partial charge in [-0.25, -0.2) is 0 Å². The van der Waals surface area contributed by atoms with Gasteiger partial charge in [0.15, 0.2) is 6.54 Å². The Bertz CT molecular complexity index is 1900. The van der Waals surface area contributed by atoms with Crippen LogP contribution in [0.15, 0.2) is 85.2 Å². The van der Waals surface area contributed by atoms with E-state index < -0.39 is 0 Å². The van der Waals surface area contributed by atoms with E-state index in [1.807, 2.05) is 30.6 Å². The van der Waals surface area contributed by atoms with Gasteiger partial charge < -0.3 is 4.98 Å². The average Bonchev–Trinajstić information content (AvgIpc) is 3.51. The van der Waals surface area contributed by atoms with Crippen molar-refractivity contribution in [3.8, 4) is 22.4 Å². The van der Waals surface area contributed by atoms with Crippen molar-refractivity contribution in [3.63, 3.8) is 0 Å². The summed E-state index contributed by atoms with van der Waals surface area (Å²) in [4.78, 5) is 9.14. The molecule has 0 fully saturated rings. The Morgan fingerprint density at radius 3 is 2.39 bits per heavy atom. The largest absolute Gasteiger partial charge is 0.494 e. The van der Waals surface area contributed by atoms with Crippen molar-refractivity contribution in [1.82, 2.24) is 14.5 Å². The standard InChI is InChI=1S/C25H24N3.C14H14N.Ir/c1-4-5-16-27-17-28(21-13-7-6-12-20(21)27)22-14-8-10-18-19-11-9-15-26-24(19)25(2,3)23(18)22;1-10-4-6-13(7-5-10)14-8-11(2)12(3)9-15-14;/h6-13,15H,4-5,16H2,1-3H3;4-6,8-9H,1-3H3;/q+1;-1;. The number of aryl methyl sites for hydroxylation is 3. The van der Waals surface area contributed by atoms with E-state index in [2.05, 4.69) is 128 Å². The summed E-state index contributed by atoms with van der Waals surface area (Å²) in [6.45, 7) is 14.0. The predicted octanol–water partition coefficient (Wildman–Crippen LogP) is 9.13. The van der Waals surface area contributed by atoms with Crippen LogP contribution < -0.4 is 4.58 Å². The Labute approximate surface area is 275 Å². The van der Waals surface area contributed by atoms with Crippen molar-refractivity contribution >= 4 is 23.1 Å². The van der Waals surface area contributed by atoms with E-state index >= 15 is 0 Å². The number of rotatable bonds is 5. The van der Waals surface area contributed by atoms with Gasteiger partial charge >= 0.3 is 6.01 Å². The van der Waals surface area contributed by atoms with Crippen molar-refractivity contribution in [3.05, 3.63) is 125 Å². The van der Waals surface area contributed by atoms with E-state index in [1.54, 1.807) is 0 Å². The first-order valence-electron chi connectivity index (χ1n) is 15.2. The van der Waals surface area contributed by atoms with Crippen molar-refractivity contribution < 1.29 is 24.7 Å². The second-order valence-corrected chi connectivity index (χ2v) is 12.0. The van der Waals surface area contributed by atoms with Crippen molar-refractivity contribution in [2.45, 2.75) is 59.8 Å². The van der Waals surface area contributed by atoms with Crippen LogP contribution in [-0.4, -0.2) is 27.1 Å². The van der Waals surface area contributed by atoms with Crippen LogP contribution in [0.1, 0.15) is 61.6 Å². The molecule has 0 bridgehead atoms. The number of fused-ring (bicyclic) bond motifs is 4. The third kappa shape index (κ3) is 5.76. The average molecular weight is 755 g/mol. The van der Waals surface area contributed by atoms with Crippen LogP contribution in [-0.2, 0) is 25.5 Å². The van der Waals surface area contributed by atoms with E-state index in [9.17, 15) is 0 Å². The fourth-order valence-electron chi connectivity index (χ4n) is 5.96. The van der Waals surface area contributed by atoms with Gasteiger partial charge in [-0.2, -0.15) is 12.1 Å². The molecule has 0 saturated carbocycles. The summed E-state index contributed by atoms with van der Waals surface area (Å²) >= 11 is 0. The van der Waals surface area contributed by atoms with Crippen LogP contribution in [0.5, 0.6) is 0 Å². The number of benzene rings is 3. The van der Waals surface area contributed by atoms with Gasteiger partial charge in [0.25, 0.3) is 11.4 Å². The summed E-state index contributed by atoms with van der Waals surface area (Å²) < 4.78 is 4.44. The molecule has 44 heavy (non-hydrogen) atoms. The molecule has 7 rings (SSSR count). The van der Waals surface area contributed by atoms with Crippen molar-refractivity contribution in [2.24, 2.45) is 0 Å². The van der Waals surface area contributed by atoms with E-state index in [0.29, 0.717) is 0 Å². The van der Waals surface area contributed by atoms with Crippen molar-refractivity contribution in [1.29, 1.82) is 0 Å². The summed E-state index contributed by atoms with van der Waals surface area (Å²) in [5, 5.41) is 0. The molecule has 1 aliphatic heterocycles. The number of hydrogen-bond acceptors (Lipinski definition) is 2. The predicted molar refractivity (Wildman–Crippen MR) is 176 cm³/mol. The summed E-state index contributed by atoms with van der Waals surface area (Å²) in [6, 6.07) is 35.6. The monoisotopic (exact) mass is 755 g/mol. The van der Waals surface area contributed by atoms with Gasteiger partial charge in [0, 0.05) is 56.7 Å². The molecule has 5 heteroatoms. The van der Waals surface area contributed by atoms with Gasteiger partial charge in [0.1, 0.15) is 5.69 Å². The molecule has 0 spiro atoms. The number of nitrogens with zero attached hydrogens (tertiary/aromatic N) is 4. The minimum Gasteiger partial charge on any atom is -0.304 e. The van der Waals surface area contributed by atoms with E-state index in [0.717, 1.165) is 35.6 Å². The number of unbranched alkanes of at least 4 members (excludes halogenated alkanes) is 1. The van der Waals surface area contributed by atoms with Gasteiger partial charge in [0.2, 0.25) is 0 Å². The molecule has 2 aromatic heterocycles. The van der Waals surface area contributed by atoms with E-state index in [4.69, 9.17) is 4.98 Å². The molecule has 223 valence electrons. The third-order valence-corrected chi connectivity index (χ3v) is 8.50. The summed E-state index contributed by atoms with van der Waals surface area (Å²) in [7, 11) is 0. The first kappa shape index (κ1) is 31.4. The summed E-state index contributed by atoms with van der Waals surface area (Å²) in [5.41, 5.74) is 14.0. The quantitative estimate of drug-likeness (QED) is 0.133. The second kappa shape index (κ2) is 12.9. The Hall–Kier alpha value is -4.01. The Balaban J connectivity index is 0.000000204. The van der Waals surface area contributed by atoms with Gasteiger partial charge in [-0.1, -0.05) is 78.7 Å². The molecular weight excluding hydrogens is 717 g/mol. The molecule has 0 amide bonds. The molecule has 3 heterocycles. The zero-order valence-corrected chi connectivity index (χ0v) is 28.7. The molecule has 0 N–H and O–H groups in total. The molecule has 1 radical (unpaired) electrons. The molecule has 2 aliphatic rings. The van der Waals surface area contributed by atoms with Crippen LogP contribution >= 0.6 is 0 Å². The Morgan fingerprint density at radius 2 is 1.66 bits per heavy atom. The summed E-state index contributed by atoms with van der Waals surface area (Å²) in [6.07, 6.45) is 6.12. The van der Waals surface area contributed by atoms with Gasteiger partial charge in [-0.15, -0.1) is 47.0 Å². The van der Waals surface area contributed by atoms with Crippen LogP contribution in [0.25, 0.3) is 22.4 Å². The minimum absolute atomic E-state index is 0. The SMILES string of the molecule is CCCC[N+]1=C=[N+](c2[c-]ccc3c2C(C)(C)c2ncccc2-3)c2ccccc21.Cc1c[c-]c(-c2cc(C)c(C)cn2)cc1.[Ir]. The number of aromatic nitrogens is 2. The maximum absolute atomic E-state index is 4.73. The van der Waals surface area contributed by atoms with Crippen molar-refractivity contribution in [2.75, 3.05) is 6.54 Å². The Kier molecular flexibility index (Phi) is 9.23. The van der Waals surface area contributed by atoms with E-state index in [-0.39, 0.29) is 25.5 Å².